The average molecular weight is 217 g/mol. The molecule has 1 amide bonds. The molecular formula is C12H15N3O. The summed E-state index contributed by atoms with van der Waals surface area (Å²) in [5.41, 5.74) is 6.48. The molecule has 1 heterocycles. The first-order valence-electron chi connectivity index (χ1n) is 5.11. The van der Waals surface area contributed by atoms with E-state index in [9.17, 15) is 4.79 Å². The van der Waals surface area contributed by atoms with Gasteiger partial charge in [-0.2, -0.15) is 0 Å². The fourth-order valence-electron chi connectivity index (χ4n) is 1.40. The Balaban J connectivity index is 2.84. The molecule has 2 N–H and O–H groups in total. The first kappa shape index (κ1) is 12.2. The van der Waals surface area contributed by atoms with Crippen LogP contribution in [0, 0.1) is 12.3 Å². The van der Waals surface area contributed by atoms with E-state index >= 15 is 0 Å². The molecule has 0 aliphatic carbocycles. The molecule has 0 saturated heterocycles. The van der Waals surface area contributed by atoms with Gasteiger partial charge in [-0.3, -0.25) is 9.78 Å². The molecular weight excluding hydrogens is 202 g/mol. The van der Waals surface area contributed by atoms with Crippen LogP contribution in [0.5, 0.6) is 0 Å². The number of nitrogens with zero attached hydrogens (tertiary/aromatic N) is 2. The lowest BCUT2D eigenvalue weighted by atomic mass is 10.2. The highest BCUT2D eigenvalue weighted by Gasteiger charge is 2.20. The number of carbonyl (C=O) groups is 1. The molecule has 0 bridgehead atoms. The maximum Gasteiger partial charge on any atom is 0.244 e. The van der Waals surface area contributed by atoms with Crippen molar-refractivity contribution in [2.75, 3.05) is 11.4 Å². The molecule has 1 aromatic heterocycles. The smallest absolute Gasteiger partial charge is 0.244 e. The lowest BCUT2D eigenvalue weighted by Gasteiger charge is -2.23. The molecule has 0 spiro atoms. The summed E-state index contributed by atoms with van der Waals surface area (Å²) in [6.45, 7) is 2.45. The van der Waals surface area contributed by atoms with Crippen LogP contribution in [0.15, 0.2) is 24.5 Å². The van der Waals surface area contributed by atoms with Gasteiger partial charge >= 0.3 is 0 Å². The summed E-state index contributed by atoms with van der Waals surface area (Å²) < 4.78 is 0. The number of nitrogens with two attached hydrogens (primary N) is 1. The van der Waals surface area contributed by atoms with Crippen LogP contribution in [-0.2, 0) is 4.79 Å². The lowest BCUT2D eigenvalue weighted by Crippen LogP contribution is -2.43. The van der Waals surface area contributed by atoms with Gasteiger partial charge in [-0.05, 0) is 19.1 Å². The Hall–Kier alpha value is -1.86. The molecule has 4 nitrogen and oxygen atoms in total. The molecule has 1 unspecified atom stereocenters. The minimum absolute atomic E-state index is 0.161. The predicted octanol–water partition coefficient (Wildman–Crippen LogP) is 0.785. The van der Waals surface area contributed by atoms with Crippen LogP contribution in [0.3, 0.4) is 0 Å². The van der Waals surface area contributed by atoms with Crippen molar-refractivity contribution in [3.63, 3.8) is 0 Å². The first-order valence-corrected chi connectivity index (χ1v) is 5.11. The number of amides is 1. The van der Waals surface area contributed by atoms with Crippen molar-refractivity contribution in [2.24, 2.45) is 5.73 Å². The Bertz CT molecular complexity index is 383. The van der Waals surface area contributed by atoms with Crippen LogP contribution in [0.4, 0.5) is 5.69 Å². The monoisotopic (exact) mass is 217 g/mol. The fourth-order valence-corrected chi connectivity index (χ4v) is 1.40. The van der Waals surface area contributed by atoms with Gasteiger partial charge in [0.05, 0.1) is 6.04 Å². The van der Waals surface area contributed by atoms with Gasteiger partial charge in [0.25, 0.3) is 0 Å². The molecule has 0 radical (unpaired) electrons. The van der Waals surface area contributed by atoms with E-state index in [2.05, 4.69) is 10.9 Å². The summed E-state index contributed by atoms with van der Waals surface area (Å²) in [6.07, 6.45) is 8.66. The van der Waals surface area contributed by atoms with Gasteiger partial charge < -0.3 is 10.6 Å². The van der Waals surface area contributed by atoms with Crippen molar-refractivity contribution in [1.82, 2.24) is 4.98 Å². The van der Waals surface area contributed by atoms with Crippen molar-refractivity contribution < 1.29 is 4.79 Å². The summed E-state index contributed by atoms with van der Waals surface area (Å²) in [5.74, 6) is 2.23. The fraction of sp³-hybridized carbons (Fsp3) is 0.333. The van der Waals surface area contributed by atoms with E-state index in [1.165, 1.54) is 0 Å². The number of anilines is 1. The van der Waals surface area contributed by atoms with E-state index in [1.54, 1.807) is 29.4 Å². The Kier molecular flexibility index (Phi) is 4.49. The van der Waals surface area contributed by atoms with Gasteiger partial charge in [0, 0.05) is 31.0 Å². The molecule has 84 valence electrons. The van der Waals surface area contributed by atoms with Crippen LogP contribution < -0.4 is 10.6 Å². The number of terminal acetylenes is 1. The van der Waals surface area contributed by atoms with Gasteiger partial charge in [0.15, 0.2) is 0 Å². The van der Waals surface area contributed by atoms with E-state index in [1.807, 2.05) is 6.92 Å². The van der Waals surface area contributed by atoms with Crippen molar-refractivity contribution in [1.29, 1.82) is 0 Å². The number of rotatable bonds is 4. The zero-order valence-corrected chi connectivity index (χ0v) is 9.26. The Morgan fingerprint density at radius 2 is 2.25 bits per heavy atom. The van der Waals surface area contributed by atoms with Crippen molar-refractivity contribution in [3.8, 4) is 12.3 Å². The van der Waals surface area contributed by atoms with Gasteiger partial charge in [-0.25, -0.2) is 0 Å². The SMILES string of the molecule is C#CCC(N)C(=O)N(CC)c1ccncc1. The third-order valence-electron chi connectivity index (χ3n) is 2.21. The topological polar surface area (TPSA) is 59.2 Å². The van der Waals surface area contributed by atoms with E-state index in [-0.39, 0.29) is 12.3 Å². The van der Waals surface area contributed by atoms with E-state index in [4.69, 9.17) is 12.2 Å². The van der Waals surface area contributed by atoms with Crippen LogP contribution >= 0.6 is 0 Å². The Morgan fingerprint density at radius 3 is 2.75 bits per heavy atom. The molecule has 1 aromatic rings. The summed E-state index contributed by atoms with van der Waals surface area (Å²) in [4.78, 5) is 17.5. The van der Waals surface area contributed by atoms with Crippen LogP contribution in [0.25, 0.3) is 0 Å². The second-order valence-electron chi connectivity index (χ2n) is 3.30. The second kappa shape index (κ2) is 5.89. The zero-order chi connectivity index (χ0) is 12.0. The molecule has 1 rings (SSSR count). The van der Waals surface area contributed by atoms with Crippen LogP contribution in [0.1, 0.15) is 13.3 Å². The van der Waals surface area contributed by atoms with E-state index in [0.717, 1.165) is 5.69 Å². The Morgan fingerprint density at radius 1 is 1.62 bits per heavy atom. The highest BCUT2D eigenvalue weighted by atomic mass is 16.2. The van der Waals surface area contributed by atoms with Gasteiger partial charge in [-0.1, -0.05) is 0 Å². The molecule has 16 heavy (non-hydrogen) atoms. The first-order chi connectivity index (χ1) is 7.70. The van der Waals surface area contributed by atoms with Crippen molar-refractivity contribution in [3.05, 3.63) is 24.5 Å². The molecule has 0 aromatic carbocycles. The summed E-state index contributed by atoms with van der Waals surface area (Å²) in [5, 5.41) is 0. The predicted molar refractivity (Wildman–Crippen MR) is 63.7 cm³/mol. The van der Waals surface area contributed by atoms with Gasteiger partial charge in [-0.15, -0.1) is 12.3 Å². The summed E-state index contributed by atoms with van der Waals surface area (Å²) in [6, 6.07) is 2.90. The Labute approximate surface area is 95.5 Å². The normalized spacial score (nSPS) is 11.6. The van der Waals surface area contributed by atoms with Crippen molar-refractivity contribution in [2.45, 2.75) is 19.4 Å². The molecule has 0 saturated carbocycles. The largest absolute Gasteiger partial charge is 0.319 e. The molecule has 1 atom stereocenters. The number of carbonyl (C=O) groups excluding carboxylic acids is 1. The third-order valence-corrected chi connectivity index (χ3v) is 2.21. The molecule has 4 heteroatoms. The second-order valence-corrected chi connectivity index (χ2v) is 3.30. The number of hydrogen-bond acceptors (Lipinski definition) is 3. The standard InChI is InChI=1S/C12H15N3O/c1-3-5-11(13)12(16)15(4-2)10-6-8-14-9-7-10/h1,6-9,11H,4-5,13H2,2H3. The van der Waals surface area contributed by atoms with Gasteiger partial charge in [0.1, 0.15) is 0 Å². The number of likely N-dealkylation sites (N-methyl/N-ethyl adjacent to an activating group) is 1. The third kappa shape index (κ3) is 2.81. The highest BCUT2D eigenvalue weighted by Crippen LogP contribution is 2.13. The maximum atomic E-state index is 11.9. The zero-order valence-electron chi connectivity index (χ0n) is 9.26. The van der Waals surface area contributed by atoms with E-state index < -0.39 is 6.04 Å². The lowest BCUT2D eigenvalue weighted by molar-refractivity contribution is -0.119. The molecule has 0 aliphatic rings. The number of pyridine rings is 1. The molecule has 0 aliphatic heterocycles. The average Bonchev–Trinajstić information content (AvgIpc) is 2.31. The quantitative estimate of drug-likeness (QED) is 0.758. The summed E-state index contributed by atoms with van der Waals surface area (Å²) in [7, 11) is 0. The van der Waals surface area contributed by atoms with Gasteiger partial charge in [0.2, 0.25) is 5.91 Å². The maximum absolute atomic E-state index is 11.9. The number of aromatic nitrogens is 1. The minimum Gasteiger partial charge on any atom is -0.319 e. The molecule has 0 fully saturated rings. The number of hydrogen-bond donors (Lipinski definition) is 1. The summed E-state index contributed by atoms with van der Waals surface area (Å²) >= 11 is 0. The minimum atomic E-state index is -0.641. The van der Waals surface area contributed by atoms with Crippen LogP contribution in [0.2, 0.25) is 0 Å². The van der Waals surface area contributed by atoms with E-state index in [0.29, 0.717) is 6.54 Å². The van der Waals surface area contributed by atoms with Crippen LogP contribution in [-0.4, -0.2) is 23.5 Å². The highest BCUT2D eigenvalue weighted by molar-refractivity contribution is 5.97. The van der Waals surface area contributed by atoms with Crippen molar-refractivity contribution >= 4 is 11.6 Å².